The molecule has 2 aromatic carbocycles. The highest BCUT2D eigenvalue weighted by molar-refractivity contribution is 9.10. The lowest BCUT2D eigenvalue weighted by molar-refractivity contribution is -0.122. The molecule has 2 aromatic rings. The summed E-state index contributed by atoms with van der Waals surface area (Å²) in [6.07, 6.45) is 0. The van der Waals surface area contributed by atoms with Crippen molar-refractivity contribution < 1.29 is 14.4 Å². The molecule has 30 heavy (non-hydrogen) atoms. The third-order valence-electron chi connectivity index (χ3n) is 4.73. The van der Waals surface area contributed by atoms with Gasteiger partial charge in [-0.3, -0.25) is 24.2 Å². The van der Waals surface area contributed by atoms with E-state index in [0.717, 1.165) is 16.2 Å². The first kappa shape index (κ1) is 20.8. The smallest absolute Gasteiger partial charge is 0.266 e. The Morgan fingerprint density at radius 3 is 2.57 bits per heavy atom. The van der Waals surface area contributed by atoms with Crippen molar-refractivity contribution in [2.24, 2.45) is 0 Å². The van der Waals surface area contributed by atoms with E-state index in [1.807, 2.05) is 19.1 Å². The van der Waals surface area contributed by atoms with Crippen LogP contribution in [0.1, 0.15) is 12.5 Å². The van der Waals surface area contributed by atoms with Crippen LogP contribution in [0.2, 0.25) is 0 Å². The number of thiocarbonyl (C=S) groups is 1. The summed E-state index contributed by atoms with van der Waals surface area (Å²) in [7, 11) is 0. The highest BCUT2D eigenvalue weighted by Crippen LogP contribution is 2.44. The Morgan fingerprint density at radius 2 is 1.87 bits per heavy atom. The van der Waals surface area contributed by atoms with Crippen LogP contribution < -0.4 is 10.2 Å². The van der Waals surface area contributed by atoms with Gasteiger partial charge in [0.05, 0.1) is 16.2 Å². The predicted molar refractivity (Wildman–Crippen MR) is 126 cm³/mol. The highest BCUT2D eigenvalue weighted by atomic mass is 79.9. The molecule has 4 rings (SSSR count). The molecule has 1 N–H and O–H groups in total. The minimum atomic E-state index is -0.378. The maximum absolute atomic E-state index is 13.3. The molecule has 6 nitrogen and oxygen atoms in total. The number of anilines is 2. The minimum Gasteiger partial charge on any atom is -0.324 e. The highest BCUT2D eigenvalue weighted by Gasteiger charge is 2.41. The van der Waals surface area contributed by atoms with E-state index in [2.05, 4.69) is 21.2 Å². The van der Waals surface area contributed by atoms with Crippen molar-refractivity contribution in [2.75, 3.05) is 23.3 Å². The number of thioether (sulfide) groups is 1. The van der Waals surface area contributed by atoms with Gasteiger partial charge in [0, 0.05) is 22.3 Å². The molecule has 2 aliphatic heterocycles. The van der Waals surface area contributed by atoms with E-state index in [1.54, 1.807) is 36.4 Å². The van der Waals surface area contributed by atoms with Gasteiger partial charge in [-0.15, -0.1) is 0 Å². The topological polar surface area (TPSA) is 69.7 Å². The first-order valence-electron chi connectivity index (χ1n) is 9.15. The number of benzene rings is 2. The molecule has 0 aromatic heterocycles. The van der Waals surface area contributed by atoms with Crippen LogP contribution in [0.15, 0.2) is 57.9 Å². The minimum absolute atomic E-state index is 0.167. The summed E-state index contributed by atoms with van der Waals surface area (Å²) in [6.45, 7) is 2.11. The van der Waals surface area contributed by atoms with Gasteiger partial charge in [-0.05, 0) is 31.2 Å². The third-order valence-corrected chi connectivity index (χ3v) is 6.67. The number of nitrogens with zero attached hydrogens (tertiary/aromatic N) is 2. The number of amides is 3. The Balaban J connectivity index is 1.66. The summed E-state index contributed by atoms with van der Waals surface area (Å²) in [6, 6.07) is 14.4. The number of nitrogens with one attached hydrogen (secondary N) is 1. The van der Waals surface area contributed by atoms with Gasteiger partial charge >= 0.3 is 0 Å². The van der Waals surface area contributed by atoms with Crippen molar-refractivity contribution in [1.29, 1.82) is 0 Å². The second-order valence-electron chi connectivity index (χ2n) is 6.59. The number of rotatable bonds is 4. The molecule has 0 bridgehead atoms. The molecule has 0 unspecified atom stereocenters. The van der Waals surface area contributed by atoms with Gasteiger partial charge in [-0.1, -0.05) is 64.2 Å². The zero-order valence-corrected chi connectivity index (χ0v) is 19.1. The largest absolute Gasteiger partial charge is 0.324 e. The van der Waals surface area contributed by atoms with Crippen molar-refractivity contribution in [3.8, 4) is 0 Å². The number of likely N-dealkylation sites (N-methyl/N-ethyl adjacent to an activating group) is 1. The molecule has 9 heteroatoms. The van der Waals surface area contributed by atoms with Crippen molar-refractivity contribution in [2.45, 2.75) is 6.92 Å². The van der Waals surface area contributed by atoms with Crippen LogP contribution in [0, 0.1) is 0 Å². The van der Waals surface area contributed by atoms with Crippen LogP contribution in [0.4, 0.5) is 11.4 Å². The van der Waals surface area contributed by atoms with Crippen molar-refractivity contribution in [3.63, 3.8) is 0 Å². The monoisotopic (exact) mass is 501 g/mol. The Hall–Kier alpha value is -2.49. The Labute approximate surface area is 191 Å². The SMILES string of the molecule is CCN1C(=O)/C(=C2/C(=O)N(CC(=O)Nc3cccc(Br)c3)c3ccccc32)SC1=S. The first-order chi connectivity index (χ1) is 14.4. The zero-order valence-electron chi connectivity index (χ0n) is 15.8. The maximum atomic E-state index is 13.3. The Morgan fingerprint density at radius 1 is 1.10 bits per heavy atom. The van der Waals surface area contributed by atoms with Crippen LogP contribution >= 0.6 is 39.9 Å². The van der Waals surface area contributed by atoms with E-state index in [4.69, 9.17) is 12.2 Å². The fourth-order valence-electron chi connectivity index (χ4n) is 3.39. The van der Waals surface area contributed by atoms with E-state index in [-0.39, 0.29) is 24.3 Å². The van der Waals surface area contributed by atoms with Crippen LogP contribution in [0.5, 0.6) is 0 Å². The number of hydrogen-bond donors (Lipinski definition) is 1. The zero-order chi connectivity index (χ0) is 21.4. The maximum Gasteiger partial charge on any atom is 0.266 e. The number of para-hydroxylation sites is 1. The fraction of sp³-hybridized carbons (Fsp3) is 0.143. The van der Waals surface area contributed by atoms with Gasteiger partial charge in [0.2, 0.25) is 5.91 Å². The van der Waals surface area contributed by atoms with Gasteiger partial charge < -0.3 is 5.32 Å². The molecule has 0 atom stereocenters. The summed E-state index contributed by atoms with van der Waals surface area (Å²) in [5.41, 5.74) is 2.16. The van der Waals surface area contributed by atoms with E-state index in [1.165, 1.54) is 9.80 Å². The number of fused-ring (bicyclic) bond motifs is 1. The third kappa shape index (κ3) is 3.68. The molecule has 2 heterocycles. The van der Waals surface area contributed by atoms with Crippen molar-refractivity contribution in [3.05, 3.63) is 63.5 Å². The summed E-state index contributed by atoms with van der Waals surface area (Å²) < 4.78 is 1.27. The van der Waals surface area contributed by atoms with E-state index in [9.17, 15) is 14.4 Å². The summed E-state index contributed by atoms with van der Waals surface area (Å²) in [5.74, 6) is -0.984. The van der Waals surface area contributed by atoms with E-state index in [0.29, 0.717) is 38.3 Å². The quantitative estimate of drug-likeness (QED) is 0.505. The second kappa shape index (κ2) is 8.33. The van der Waals surface area contributed by atoms with Crippen LogP contribution in [-0.4, -0.2) is 40.0 Å². The van der Waals surface area contributed by atoms with Gasteiger partial charge in [0.1, 0.15) is 10.9 Å². The molecule has 0 radical (unpaired) electrons. The first-order valence-corrected chi connectivity index (χ1v) is 11.2. The number of hydrogen-bond acceptors (Lipinski definition) is 5. The van der Waals surface area contributed by atoms with Crippen LogP contribution in [-0.2, 0) is 14.4 Å². The standard InChI is InChI=1S/C21H16BrN3O3S2/c1-2-24-20(28)18(30-21(24)29)17-14-8-3-4-9-15(14)25(19(17)27)11-16(26)23-13-7-5-6-12(22)10-13/h3-10H,2,11H2,1H3,(H,23,26)/b18-17-. The predicted octanol–water partition coefficient (Wildman–Crippen LogP) is 4.03. The fourth-order valence-corrected chi connectivity index (χ4v) is 5.24. The molecular weight excluding hydrogens is 486 g/mol. The van der Waals surface area contributed by atoms with Gasteiger partial charge in [0.25, 0.3) is 11.8 Å². The number of carbonyl (C=O) groups is 3. The van der Waals surface area contributed by atoms with E-state index >= 15 is 0 Å². The second-order valence-corrected chi connectivity index (χ2v) is 9.15. The molecule has 1 saturated heterocycles. The Kier molecular flexibility index (Phi) is 5.77. The molecule has 0 aliphatic carbocycles. The molecule has 0 saturated carbocycles. The van der Waals surface area contributed by atoms with E-state index < -0.39 is 0 Å². The van der Waals surface area contributed by atoms with Crippen molar-refractivity contribution in [1.82, 2.24) is 4.90 Å². The molecule has 3 amide bonds. The summed E-state index contributed by atoms with van der Waals surface area (Å²) >= 11 is 9.79. The molecular formula is C21H16BrN3O3S2. The normalized spacial score (nSPS) is 18.3. The lowest BCUT2D eigenvalue weighted by Gasteiger charge is -2.17. The summed E-state index contributed by atoms with van der Waals surface area (Å²) in [4.78, 5) is 41.9. The summed E-state index contributed by atoms with van der Waals surface area (Å²) in [5, 5.41) is 2.80. The molecule has 1 fully saturated rings. The number of halogens is 1. The Bertz CT molecular complexity index is 1130. The van der Waals surface area contributed by atoms with Crippen LogP contribution in [0.3, 0.4) is 0 Å². The van der Waals surface area contributed by atoms with Crippen molar-refractivity contribution >= 4 is 78.9 Å². The lowest BCUT2D eigenvalue weighted by Crippen LogP contribution is -2.35. The van der Waals surface area contributed by atoms with Gasteiger partial charge in [-0.2, -0.15) is 0 Å². The molecule has 152 valence electrons. The lowest BCUT2D eigenvalue weighted by atomic mass is 10.1. The average Bonchev–Trinajstić information content (AvgIpc) is 3.14. The average molecular weight is 502 g/mol. The van der Waals surface area contributed by atoms with Crippen LogP contribution in [0.25, 0.3) is 5.57 Å². The van der Waals surface area contributed by atoms with Gasteiger partial charge in [-0.25, -0.2) is 0 Å². The molecule has 0 spiro atoms. The molecule has 2 aliphatic rings. The number of carbonyl (C=O) groups excluding carboxylic acids is 3. The van der Waals surface area contributed by atoms with Gasteiger partial charge in [0.15, 0.2) is 0 Å².